The summed E-state index contributed by atoms with van der Waals surface area (Å²) < 4.78 is 6.63. The molecule has 31 heavy (non-hydrogen) atoms. The van der Waals surface area contributed by atoms with Crippen LogP contribution in [0.3, 0.4) is 0 Å². The first kappa shape index (κ1) is 19.7. The number of nitrogens with one attached hydrogen (secondary N) is 2. The van der Waals surface area contributed by atoms with E-state index >= 15 is 0 Å². The highest BCUT2D eigenvalue weighted by molar-refractivity contribution is 6.33. The van der Waals surface area contributed by atoms with Crippen molar-refractivity contribution in [1.82, 2.24) is 19.4 Å². The molecule has 0 atom stereocenters. The van der Waals surface area contributed by atoms with Gasteiger partial charge in [0, 0.05) is 39.3 Å². The zero-order valence-electron chi connectivity index (χ0n) is 16.8. The van der Waals surface area contributed by atoms with Gasteiger partial charge < -0.3 is 19.3 Å². The fourth-order valence-electron chi connectivity index (χ4n) is 4.06. The number of furan rings is 1. The molecule has 8 nitrogen and oxygen atoms in total. The predicted molar refractivity (Wildman–Crippen MR) is 121 cm³/mol. The molecule has 0 amide bonds. The number of hydrogen-bond acceptors (Lipinski definition) is 5. The molecule has 5 rings (SSSR count). The van der Waals surface area contributed by atoms with E-state index in [0.717, 1.165) is 36.9 Å². The first-order chi connectivity index (χ1) is 15.1. The second-order valence-electron chi connectivity index (χ2n) is 7.62. The average Bonchev–Trinajstić information content (AvgIpc) is 3.44. The van der Waals surface area contributed by atoms with Crippen molar-refractivity contribution in [1.29, 1.82) is 0 Å². The third-order valence-corrected chi connectivity index (χ3v) is 6.07. The van der Waals surface area contributed by atoms with Crippen LogP contribution in [0.25, 0.3) is 22.5 Å². The Morgan fingerprint density at radius 1 is 0.968 bits per heavy atom. The number of benzene rings is 1. The monoisotopic (exact) mass is 439 g/mol. The van der Waals surface area contributed by atoms with E-state index in [-0.39, 0.29) is 5.56 Å². The molecule has 0 unspecified atom stereocenters. The molecule has 160 valence electrons. The van der Waals surface area contributed by atoms with E-state index in [0.29, 0.717) is 35.6 Å². The van der Waals surface area contributed by atoms with Crippen LogP contribution in [0.15, 0.2) is 62.7 Å². The molecule has 2 N–H and O–H groups in total. The van der Waals surface area contributed by atoms with Gasteiger partial charge in [-0.05, 0) is 30.3 Å². The number of para-hydroxylation sites is 1. The van der Waals surface area contributed by atoms with Gasteiger partial charge >= 0.3 is 5.69 Å². The van der Waals surface area contributed by atoms with Gasteiger partial charge in [-0.3, -0.25) is 14.3 Å². The predicted octanol–water partition coefficient (Wildman–Crippen LogP) is 2.75. The van der Waals surface area contributed by atoms with E-state index in [4.69, 9.17) is 16.0 Å². The number of rotatable bonds is 5. The number of anilines is 1. The van der Waals surface area contributed by atoms with E-state index in [1.54, 1.807) is 24.5 Å². The molecular formula is C22H22ClN5O3. The maximum absolute atomic E-state index is 12.9. The third-order valence-electron chi connectivity index (χ3n) is 5.76. The van der Waals surface area contributed by atoms with Gasteiger partial charge in [0.15, 0.2) is 0 Å². The Hall–Kier alpha value is -3.23. The van der Waals surface area contributed by atoms with Gasteiger partial charge in [-0.25, -0.2) is 4.79 Å². The fourth-order valence-corrected chi connectivity index (χ4v) is 4.32. The molecule has 1 fully saturated rings. The van der Waals surface area contributed by atoms with Gasteiger partial charge in [-0.2, -0.15) is 0 Å². The highest BCUT2D eigenvalue weighted by Crippen LogP contribution is 2.26. The van der Waals surface area contributed by atoms with Gasteiger partial charge in [-0.15, -0.1) is 0 Å². The lowest BCUT2D eigenvalue weighted by Crippen LogP contribution is -2.48. The molecular weight excluding hydrogens is 418 g/mol. The Kier molecular flexibility index (Phi) is 5.17. The van der Waals surface area contributed by atoms with Crippen molar-refractivity contribution < 1.29 is 4.42 Å². The van der Waals surface area contributed by atoms with E-state index in [1.165, 1.54) is 4.57 Å². The molecule has 0 saturated carbocycles. The van der Waals surface area contributed by atoms with Gasteiger partial charge in [0.25, 0.3) is 5.56 Å². The second kappa shape index (κ2) is 8.13. The summed E-state index contributed by atoms with van der Waals surface area (Å²) in [6, 6.07) is 13.1. The smallest absolute Gasteiger partial charge is 0.328 e. The van der Waals surface area contributed by atoms with Crippen LogP contribution in [0.5, 0.6) is 0 Å². The third kappa shape index (κ3) is 3.80. The van der Waals surface area contributed by atoms with Gasteiger partial charge in [0.2, 0.25) is 0 Å². The molecule has 4 aromatic rings. The van der Waals surface area contributed by atoms with Crippen molar-refractivity contribution in [2.45, 2.75) is 6.54 Å². The summed E-state index contributed by atoms with van der Waals surface area (Å²) >= 11 is 6.31. The van der Waals surface area contributed by atoms with Crippen molar-refractivity contribution in [2.24, 2.45) is 0 Å². The highest BCUT2D eigenvalue weighted by atomic mass is 35.5. The van der Waals surface area contributed by atoms with Crippen molar-refractivity contribution in [3.05, 3.63) is 74.6 Å². The number of aromatic amines is 2. The number of aromatic nitrogens is 3. The van der Waals surface area contributed by atoms with Crippen LogP contribution in [0, 0.1) is 0 Å². The lowest BCUT2D eigenvalue weighted by atomic mass is 10.2. The molecule has 0 bridgehead atoms. The molecule has 4 heterocycles. The Balaban J connectivity index is 1.29. The Morgan fingerprint density at radius 2 is 1.77 bits per heavy atom. The van der Waals surface area contributed by atoms with Crippen LogP contribution in [0.4, 0.5) is 5.69 Å². The van der Waals surface area contributed by atoms with E-state index in [2.05, 4.69) is 19.8 Å². The van der Waals surface area contributed by atoms with Crippen molar-refractivity contribution in [2.75, 3.05) is 37.6 Å². The number of fused-ring (bicyclic) bond motifs is 1. The van der Waals surface area contributed by atoms with Crippen molar-refractivity contribution in [3.8, 4) is 11.5 Å². The Morgan fingerprint density at radius 3 is 2.52 bits per heavy atom. The van der Waals surface area contributed by atoms with Crippen LogP contribution >= 0.6 is 11.6 Å². The summed E-state index contributed by atoms with van der Waals surface area (Å²) in [7, 11) is 0. The molecule has 3 aromatic heterocycles. The summed E-state index contributed by atoms with van der Waals surface area (Å²) in [5.74, 6) is 0.611. The summed E-state index contributed by atoms with van der Waals surface area (Å²) in [5.41, 5.74) is 1.81. The van der Waals surface area contributed by atoms with E-state index < -0.39 is 5.69 Å². The molecule has 0 spiro atoms. The summed E-state index contributed by atoms with van der Waals surface area (Å²) in [4.78, 5) is 35.8. The quantitative estimate of drug-likeness (QED) is 0.499. The van der Waals surface area contributed by atoms with E-state index in [9.17, 15) is 9.59 Å². The molecule has 0 radical (unpaired) electrons. The summed E-state index contributed by atoms with van der Waals surface area (Å²) in [6.07, 6.45) is 1.56. The summed E-state index contributed by atoms with van der Waals surface area (Å²) in [5, 5.41) is 0.752. The van der Waals surface area contributed by atoms with Crippen LogP contribution in [-0.2, 0) is 6.54 Å². The van der Waals surface area contributed by atoms with Crippen molar-refractivity contribution in [3.63, 3.8) is 0 Å². The van der Waals surface area contributed by atoms with Crippen LogP contribution < -0.4 is 16.1 Å². The lowest BCUT2D eigenvalue weighted by Gasteiger charge is -2.36. The van der Waals surface area contributed by atoms with Gasteiger partial charge in [0.05, 0.1) is 28.2 Å². The van der Waals surface area contributed by atoms with Crippen LogP contribution in [-0.4, -0.2) is 52.2 Å². The summed E-state index contributed by atoms with van der Waals surface area (Å²) in [6.45, 7) is 4.31. The number of H-pyrrole nitrogens is 2. The number of piperazine rings is 1. The molecule has 1 aromatic carbocycles. The van der Waals surface area contributed by atoms with Crippen LogP contribution in [0.2, 0.25) is 5.02 Å². The number of hydrogen-bond donors (Lipinski definition) is 2. The Labute approximate surface area is 182 Å². The minimum absolute atomic E-state index is 0.325. The molecule has 1 aliphatic rings. The zero-order chi connectivity index (χ0) is 21.4. The maximum Gasteiger partial charge on any atom is 0.328 e. The second-order valence-corrected chi connectivity index (χ2v) is 8.02. The Bertz CT molecular complexity index is 1310. The largest absolute Gasteiger partial charge is 0.463 e. The number of nitrogens with zero attached hydrogens (tertiary/aromatic N) is 3. The minimum Gasteiger partial charge on any atom is -0.463 e. The van der Waals surface area contributed by atoms with Crippen LogP contribution in [0.1, 0.15) is 0 Å². The average molecular weight is 440 g/mol. The fraction of sp³-hybridized carbons (Fsp3) is 0.273. The highest BCUT2D eigenvalue weighted by Gasteiger charge is 2.19. The first-order valence-corrected chi connectivity index (χ1v) is 10.6. The topological polar surface area (TPSA) is 90.3 Å². The maximum atomic E-state index is 12.9. The number of halogens is 1. The standard InChI is InChI=1S/C22H22ClN5O3/c23-15-4-1-2-5-18(15)27-10-7-26(8-11-27)9-12-28-21(29)20-17(25-22(28)30)14-16(24-20)19-6-3-13-31-19/h1-6,13-14,24H,7-12H2,(H,25,30). The van der Waals surface area contributed by atoms with Gasteiger partial charge in [0.1, 0.15) is 11.3 Å². The minimum atomic E-state index is -0.405. The molecule has 9 heteroatoms. The molecule has 0 aliphatic carbocycles. The molecule has 1 saturated heterocycles. The SMILES string of the molecule is O=c1[nH]c2cc(-c3ccco3)[nH]c2c(=O)n1CCN1CCN(c2ccccc2Cl)CC1. The normalized spacial score (nSPS) is 15.1. The lowest BCUT2D eigenvalue weighted by molar-refractivity contribution is 0.246. The molecule has 1 aliphatic heterocycles. The van der Waals surface area contributed by atoms with Crippen molar-refractivity contribution >= 4 is 28.3 Å². The zero-order valence-corrected chi connectivity index (χ0v) is 17.6. The van der Waals surface area contributed by atoms with Gasteiger partial charge in [-0.1, -0.05) is 23.7 Å². The first-order valence-electron chi connectivity index (χ1n) is 10.2. The van der Waals surface area contributed by atoms with E-state index in [1.807, 2.05) is 24.3 Å².